The van der Waals surface area contributed by atoms with E-state index in [1.54, 1.807) is 0 Å². The number of nitrogens with one attached hydrogen (secondary N) is 1. The van der Waals surface area contributed by atoms with Crippen LogP contribution in [0.2, 0.25) is 0 Å². The SMILES string of the molecule is COC(=O)C1=NNc2cc(-c3ccccc3)nn2C1(O)C(F)(F)C(F)(F)C(F)(F)C(F)(F)F. The molecule has 0 spiro atoms. The quantitative estimate of drug-likeness (QED) is 0.494. The maximum atomic E-state index is 15.0. The molecule has 7 nitrogen and oxygen atoms in total. The molecule has 1 atom stereocenters. The highest BCUT2D eigenvalue weighted by atomic mass is 19.4. The van der Waals surface area contributed by atoms with Gasteiger partial charge >= 0.3 is 29.9 Å². The molecule has 0 amide bonds. The lowest BCUT2D eigenvalue weighted by atomic mass is 9.89. The average Bonchev–Trinajstić information content (AvgIpc) is 3.18. The second-order valence-corrected chi connectivity index (χ2v) is 6.65. The number of hydrazone groups is 1. The lowest BCUT2D eigenvalue weighted by molar-refractivity contribution is -0.418. The summed E-state index contributed by atoms with van der Waals surface area (Å²) >= 11 is 0. The fraction of sp³-hybridized carbons (Fsp3) is 0.353. The summed E-state index contributed by atoms with van der Waals surface area (Å²) in [6, 6.07) is 7.95. The number of aromatic nitrogens is 2. The van der Waals surface area contributed by atoms with Crippen LogP contribution in [0.4, 0.5) is 45.3 Å². The van der Waals surface area contributed by atoms with E-state index < -0.39 is 51.8 Å². The Balaban J connectivity index is 2.29. The maximum Gasteiger partial charge on any atom is 0.460 e. The van der Waals surface area contributed by atoms with Gasteiger partial charge in [0.25, 0.3) is 5.72 Å². The van der Waals surface area contributed by atoms with Gasteiger partial charge in [-0.2, -0.15) is 49.7 Å². The number of nitrogens with zero attached hydrogens (tertiary/aromatic N) is 3. The van der Waals surface area contributed by atoms with Gasteiger partial charge < -0.3 is 9.84 Å². The van der Waals surface area contributed by atoms with Crippen molar-refractivity contribution in [1.82, 2.24) is 9.78 Å². The molecule has 0 saturated carbocycles. The number of hydrogen-bond donors (Lipinski definition) is 2. The van der Waals surface area contributed by atoms with Gasteiger partial charge in [0.1, 0.15) is 5.82 Å². The van der Waals surface area contributed by atoms with Crippen molar-refractivity contribution >= 4 is 17.5 Å². The van der Waals surface area contributed by atoms with Gasteiger partial charge in [-0.25, -0.2) is 9.48 Å². The van der Waals surface area contributed by atoms with Crippen LogP contribution in [0.25, 0.3) is 11.3 Å². The molecule has 2 aromatic rings. The molecule has 0 radical (unpaired) electrons. The normalized spacial score (nSPS) is 19.4. The van der Waals surface area contributed by atoms with Gasteiger partial charge in [0.15, 0.2) is 0 Å². The molecule has 1 aliphatic rings. The lowest BCUT2D eigenvalue weighted by Crippen LogP contribution is -2.72. The maximum absolute atomic E-state index is 15.0. The third-order valence-corrected chi connectivity index (χ3v) is 4.66. The van der Waals surface area contributed by atoms with Crippen LogP contribution >= 0.6 is 0 Å². The molecular weight excluding hydrogens is 479 g/mol. The van der Waals surface area contributed by atoms with Crippen LogP contribution in [0.5, 0.6) is 0 Å². The van der Waals surface area contributed by atoms with Gasteiger partial charge in [-0.1, -0.05) is 30.3 Å². The molecule has 0 fully saturated rings. The highest BCUT2D eigenvalue weighted by Crippen LogP contribution is 2.58. The Morgan fingerprint density at radius 1 is 1.03 bits per heavy atom. The Morgan fingerprint density at radius 3 is 2.12 bits per heavy atom. The summed E-state index contributed by atoms with van der Waals surface area (Å²) in [5.74, 6) is -24.2. The van der Waals surface area contributed by atoms with Gasteiger partial charge in [0, 0.05) is 11.6 Å². The minimum absolute atomic E-state index is 0.138. The fourth-order valence-electron chi connectivity index (χ4n) is 2.91. The van der Waals surface area contributed by atoms with Gasteiger partial charge in [0.05, 0.1) is 12.8 Å². The van der Waals surface area contributed by atoms with Crippen LogP contribution in [0.15, 0.2) is 41.5 Å². The van der Waals surface area contributed by atoms with Crippen molar-refractivity contribution in [3.05, 3.63) is 36.4 Å². The third-order valence-electron chi connectivity index (χ3n) is 4.66. The Hall–Kier alpha value is -3.30. The van der Waals surface area contributed by atoms with E-state index in [1.807, 2.05) is 5.43 Å². The number of carbonyl (C=O) groups excluding carboxylic acids is 1. The molecule has 180 valence electrons. The zero-order valence-electron chi connectivity index (χ0n) is 16.0. The first kappa shape index (κ1) is 24.3. The number of fused-ring (bicyclic) bond motifs is 1. The summed E-state index contributed by atoms with van der Waals surface area (Å²) in [6.45, 7) is 0. The van der Waals surface area contributed by atoms with Gasteiger partial charge in [-0.05, 0) is 0 Å². The van der Waals surface area contributed by atoms with E-state index >= 15 is 0 Å². The van der Waals surface area contributed by atoms with Crippen LogP contribution in [-0.2, 0) is 15.3 Å². The Bertz CT molecular complexity index is 1100. The average molecular weight is 490 g/mol. The molecule has 16 heteroatoms. The molecule has 1 aliphatic heterocycles. The molecule has 0 saturated heterocycles. The topological polar surface area (TPSA) is 88.7 Å². The Morgan fingerprint density at radius 2 is 1.61 bits per heavy atom. The zero-order valence-corrected chi connectivity index (χ0v) is 16.0. The first-order valence-corrected chi connectivity index (χ1v) is 8.55. The van der Waals surface area contributed by atoms with E-state index in [0.29, 0.717) is 7.11 Å². The van der Waals surface area contributed by atoms with Crippen molar-refractivity contribution in [3.63, 3.8) is 0 Å². The van der Waals surface area contributed by atoms with E-state index in [-0.39, 0.29) is 11.3 Å². The van der Waals surface area contributed by atoms with Crippen LogP contribution in [-0.4, -0.2) is 57.6 Å². The van der Waals surface area contributed by atoms with Crippen molar-refractivity contribution in [3.8, 4) is 11.3 Å². The first-order valence-electron chi connectivity index (χ1n) is 8.55. The number of benzene rings is 1. The van der Waals surface area contributed by atoms with Crippen molar-refractivity contribution in [2.24, 2.45) is 5.10 Å². The van der Waals surface area contributed by atoms with Crippen molar-refractivity contribution < 1.29 is 54.2 Å². The lowest BCUT2D eigenvalue weighted by Gasteiger charge is -2.43. The predicted molar refractivity (Wildman–Crippen MR) is 91.8 cm³/mol. The van der Waals surface area contributed by atoms with Crippen LogP contribution in [0, 0.1) is 0 Å². The van der Waals surface area contributed by atoms with Crippen molar-refractivity contribution in [2.45, 2.75) is 29.7 Å². The van der Waals surface area contributed by atoms with Gasteiger partial charge in [0.2, 0.25) is 5.71 Å². The van der Waals surface area contributed by atoms with E-state index in [9.17, 15) is 49.4 Å². The van der Waals surface area contributed by atoms with E-state index in [2.05, 4.69) is 14.9 Å². The number of methoxy groups -OCH3 is 1. The monoisotopic (exact) mass is 490 g/mol. The minimum Gasteiger partial charge on any atom is -0.464 e. The number of esters is 1. The highest BCUT2D eigenvalue weighted by molar-refractivity contribution is 6.39. The molecule has 2 N–H and O–H groups in total. The van der Waals surface area contributed by atoms with Crippen LogP contribution in [0.3, 0.4) is 0 Å². The van der Waals surface area contributed by atoms with E-state index in [0.717, 1.165) is 6.07 Å². The van der Waals surface area contributed by atoms with Crippen LogP contribution in [0.1, 0.15) is 0 Å². The summed E-state index contributed by atoms with van der Waals surface area (Å²) < 4.78 is 127. The molecule has 0 aliphatic carbocycles. The number of ether oxygens (including phenoxy) is 1. The summed E-state index contributed by atoms with van der Waals surface area (Å²) in [5.41, 5.74) is -5.27. The Kier molecular flexibility index (Phi) is 5.43. The second-order valence-electron chi connectivity index (χ2n) is 6.65. The molecule has 0 bridgehead atoms. The van der Waals surface area contributed by atoms with Crippen molar-refractivity contribution in [2.75, 3.05) is 12.5 Å². The summed E-state index contributed by atoms with van der Waals surface area (Å²) in [4.78, 5) is 11.9. The molecule has 1 aromatic carbocycles. The number of anilines is 1. The molecule has 1 aromatic heterocycles. The number of alkyl halides is 9. The summed E-state index contributed by atoms with van der Waals surface area (Å²) in [6.07, 6.45) is -7.16. The summed E-state index contributed by atoms with van der Waals surface area (Å²) in [5, 5.41) is 17.0. The predicted octanol–water partition coefficient (Wildman–Crippen LogP) is 3.62. The smallest absolute Gasteiger partial charge is 0.460 e. The molecule has 1 unspecified atom stereocenters. The summed E-state index contributed by atoms with van der Waals surface area (Å²) in [7, 11) is 0.528. The second kappa shape index (κ2) is 7.36. The number of halogens is 9. The first-order chi connectivity index (χ1) is 15.0. The number of rotatable bonds is 5. The van der Waals surface area contributed by atoms with Crippen LogP contribution < -0.4 is 5.43 Å². The fourth-order valence-corrected chi connectivity index (χ4v) is 2.91. The highest BCUT2D eigenvalue weighted by Gasteiger charge is 2.88. The van der Waals surface area contributed by atoms with E-state index in [1.165, 1.54) is 30.3 Å². The largest absolute Gasteiger partial charge is 0.464 e. The molecule has 2 heterocycles. The number of carbonyl (C=O) groups is 1. The molecular formula is C17H11F9N4O3. The Labute approximate surface area is 177 Å². The van der Waals surface area contributed by atoms with Crippen molar-refractivity contribution in [1.29, 1.82) is 0 Å². The van der Waals surface area contributed by atoms with Gasteiger partial charge in [-0.15, -0.1) is 0 Å². The van der Waals surface area contributed by atoms with Gasteiger partial charge in [-0.3, -0.25) is 5.43 Å². The van der Waals surface area contributed by atoms with E-state index in [4.69, 9.17) is 0 Å². The molecule has 3 rings (SSSR count). The third kappa shape index (κ3) is 3.22. The number of aliphatic hydroxyl groups is 1. The minimum atomic E-state index is -7.35. The molecule has 33 heavy (non-hydrogen) atoms. The zero-order chi connectivity index (χ0) is 25.0. The number of hydrogen-bond acceptors (Lipinski definition) is 6. The standard InChI is InChI=1S/C17H11F9N4O3/c1-33-12(31)11-13(32,14(18,19)15(20,21)16(22,23)17(24,25)26)30-10(27-28-11)7-9(29-30)8-5-3-2-4-6-8/h2-7,27,32H,1H3.